The first kappa shape index (κ1) is 15.3. The molecule has 102 valence electrons. The molecule has 0 radical (unpaired) electrons. The molecule has 0 amide bonds. The first-order valence-corrected chi connectivity index (χ1v) is 6.90. The van der Waals surface area contributed by atoms with E-state index in [-0.39, 0.29) is 0 Å². The monoisotopic (exact) mass is 271 g/mol. The number of hydrogen-bond acceptors (Lipinski definition) is 3. The van der Waals surface area contributed by atoms with Gasteiger partial charge < -0.3 is 9.47 Å². The van der Waals surface area contributed by atoms with Crippen LogP contribution in [0.15, 0.2) is 12.1 Å². The lowest BCUT2D eigenvalue weighted by molar-refractivity contribution is 0.0922. The lowest BCUT2D eigenvalue weighted by Crippen LogP contribution is -2.10. The number of aromatic nitrogens is 1. The van der Waals surface area contributed by atoms with E-state index in [9.17, 15) is 0 Å². The molecule has 0 saturated heterocycles. The van der Waals surface area contributed by atoms with Crippen LogP contribution in [0.25, 0.3) is 0 Å². The van der Waals surface area contributed by atoms with Crippen LogP contribution in [0, 0.1) is 12.8 Å². The van der Waals surface area contributed by atoms with E-state index < -0.39 is 0 Å². The maximum absolute atomic E-state index is 5.83. The van der Waals surface area contributed by atoms with Gasteiger partial charge in [0, 0.05) is 12.3 Å². The highest BCUT2D eigenvalue weighted by atomic mass is 35.5. The Morgan fingerprint density at radius 1 is 1.22 bits per heavy atom. The molecule has 0 spiro atoms. The number of ether oxygens (including phenoxy) is 2. The van der Waals surface area contributed by atoms with Crippen LogP contribution >= 0.6 is 11.6 Å². The Labute approximate surface area is 114 Å². The number of aryl methyl sites for hydroxylation is 1. The smallest absolute Gasteiger partial charge is 0.142 e. The largest absolute Gasteiger partial charge is 0.489 e. The van der Waals surface area contributed by atoms with Crippen molar-refractivity contribution in [3.8, 4) is 5.75 Å². The van der Waals surface area contributed by atoms with Crippen LogP contribution in [-0.4, -0.2) is 24.8 Å². The van der Waals surface area contributed by atoms with Crippen LogP contribution in [0.4, 0.5) is 0 Å². The minimum Gasteiger partial charge on any atom is -0.489 e. The van der Waals surface area contributed by atoms with Gasteiger partial charge in [0.15, 0.2) is 0 Å². The molecule has 0 aliphatic carbocycles. The number of rotatable bonds is 8. The Morgan fingerprint density at radius 3 is 2.67 bits per heavy atom. The van der Waals surface area contributed by atoms with Gasteiger partial charge in [-0.1, -0.05) is 13.8 Å². The van der Waals surface area contributed by atoms with Gasteiger partial charge in [-0.25, -0.2) is 0 Å². The van der Waals surface area contributed by atoms with Crippen LogP contribution in [0.5, 0.6) is 5.75 Å². The molecular formula is C14H22ClNO2. The van der Waals surface area contributed by atoms with E-state index in [0.717, 1.165) is 30.2 Å². The molecule has 0 atom stereocenters. The second-order valence-electron chi connectivity index (χ2n) is 4.67. The van der Waals surface area contributed by atoms with Crippen molar-refractivity contribution >= 4 is 11.6 Å². The van der Waals surface area contributed by atoms with Gasteiger partial charge in [0.05, 0.1) is 18.2 Å². The highest BCUT2D eigenvalue weighted by Crippen LogP contribution is 2.18. The molecule has 0 saturated carbocycles. The molecule has 1 rings (SSSR count). The highest BCUT2D eigenvalue weighted by Gasteiger charge is 2.04. The van der Waals surface area contributed by atoms with Crippen molar-refractivity contribution in [3.63, 3.8) is 0 Å². The van der Waals surface area contributed by atoms with Crippen LogP contribution in [0.1, 0.15) is 31.7 Å². The predicted octanol–water partition coefficient (Wildman–Crippen LogP) is 3.57. The quantitative estimate of drug-likeness (QED) is 0.535. The molecule has 0 aliphatic rings. The van der Waals surface area contributed by atoms with Gasteiger partial charge in [-0.2, -0.15) is 0 Å². The summed E-state index contributed by atoms with van der Waals surface area (Å²) in [7, 11) is 0. The second kappa shape index (κ2) is 8.33. The zero-order valence-electron chi connectivity index (χ0n) is 11.4. The summed E-state index contributed by atoms with van der Waals surface area (Å²) in [6.07, 6.45) is 1.08. The van der Waals surface area contributed by atoms with Crippen molar-refractivity contribution in [1.82, 2.24) is 4.98 Å². The SMILES string of the molecule is Cc1ccc(OCCOCCC(C)C)c(CCl)n1. The molecule has 0 aromatic carbocycles. The van der Waals surface area contributed by atoms with E-state index in [1.807, 2.05) is 19.1 Å². The number of hydrogen-bond donors (Lipinski definition) is 0. The average molecular weight is 272 g/mol. The summed E-state index contributed by atoms with van der Waals surface area (Å²) in [5.41, 5.74) is 1.74. The third-order valence-corrected chi connectivity index (χ3v) is 2.78. The maximum atomic E-state index is 5.83. The highest BCUT2D eigenvalue weighted by molar-refractivity contribution is 6.17. The van der Waals surface area contributed by atoms with Crippen molar-refractivity contribution in [2.75, 3.05) is 19.8 Å². The van der Waals surface area contributed by atoms with Crippen molar-refractivity contribution in [2.24, 2.45) is 5.92 Å². The fraction of sp³-hybridized carbons (Fsp3) is 0.643. The van der Waals surface area contributed by atoms with Crippen molar-refractivity contribution in [3.05, 3.63) is 23.5 Å². The van der Waals surface area contributed by atoms with Crippen molar-refractivity contribution in [1.29, 1.82) is 0 Å². The van der Waals surface area contributed by atoms with E-state index in [1.165, 1.54) is 0 Å². The van der Waals surface area contributed by atoms with E-state index >= 15 is 0 Å². The lowest BCUT2D eigenvalue weighted by atomic mass is 10.1. The molecule has 1 aromatic rings. The first-order chi connectivity index (χ1) is 8.63. The minimum absolute atomic E-state index is 0.366. The summed E-state index contributed by atoms with van der Waals surface area (Å²) < 4.78 is 11.1. The third kappa shape index (κ3) is 5.69. The molecule has 0 fully saturated rings. The second-order valence-corrected chi connectivity index (χ2v) is 4.94. The van der Waals surface area contributed by atoms with E-state index in [2.05, 4.69) is 18.8 Å². The fourth-order valence-electron chi connectivity index (χ4n) is 1.46. The third-order valence-electron chi connectivity index (χ3n) is 2.52. The summed E-state index contributed by atoms with van der Waals surface area (Å²) in [5.74, 6) is 1.80. The standard InChI is InChI=1S/C14H22ClNO2/c1-11(2)6-7-17-8-9-18-14-5-4-12(3)16-13(14)10-15/h4-5,11H,6-10H2,1-3H3. The fourth-order valence-corrected chi connectivity index (χ4v) is 1.65. The Kier molecular flexibility index (Phi) is 7.06. The maximum Gasteiger partial charge on any atom is 0.142 e. The van der Waals surface area contributed by atoms with Gasteiger partial charge in [0.2, 0.25) is 0 Å². The molecular weight excluding hydrogens is 250 g/mol. The average Bonchev–Trinajstić information content (AvgIpc) is 2.34. The summed E-state index contributed by atoms with van der Waals surface area (Å²) >= 11 is 5.83. The molecule has 1 heterocycles. The summed E-state index contributed by atoms with van der Waals surface area (Å²) in [4.78, 5) is 4.33. The minimum atomic E-state index is 0.366. The van der Waals surface area contributed by atoms with E-state index in [1.54, 1.807) is 0 Å². The summed E-state index contributed by atoms with van der Waals surface area (Å²) in [6, 6.07) is 3.83. The van der Waals surface area contributed by atoms with E-state index in [0.29, 0.717) is 25.0 Å². The van der Waals surface area contributed by atoms with Crippen LogP contribution < -0.4 is 4.74 Å². The van der Waals surface area contributed by atoms with Crippen LogP contribution in [0.2, 0.25) is 0 Å². The molecule has 18 heavy (non-hydrogen) atoms. The van der Waals surface area contributed by atoms with Gasteiger partial charge in [0.1, 0.15) is 12.4 Å². The zero-order chi connectivity index (χ0) is 13.4. The van der Waals surface area contributed by atoms with Gasteiger partial charge >= 0.3 is 0 Å². The first-order valence-electron chi connectivity index (χ1n) is 6.36. The Balaban J connectivity index is 2.27. The molecule has 1 aromatic heterocycles. The molecule has 0 aliphatic heterocycles. The Morgan fingerprint density at radius 2 is 2.00 bits per heavy atom. The number of halogens is 1. The molecule has 0 unspecified atom stereocenters. The van der Waals surface area contributed by atoms with Crippen molar-refractivity contribution in [2.45, 2.75) is 33.1 Å². The summed E-state index contributed by atoms with van der Waals surface area (Å²) in [5, 5.41) is 0. The topological polar surface area (TPSA) is 31.4 Å². The Bertz CT molecular complexity index is 356. The number of alkyl halides is 1. The number of nitrogens with zero attached hydrogens (tertiary/aromatic N) is 1. The van der Waals surface area contributed by atoms with Gasteiger partial charge in [-0.15, -0.1) is 11.6 Å². The number of pyridine rings is 1. The van der Waals surface area contributed by atoms with Crippen molar-refractivity contribution < 1.29 is 9.47 Å². The molecule has 4 heteroatoms. The predicted molar refractivity (Wildman–Crippen MR) is 74.3 cm³/mol. The zero-order valence-corrected chi connectivity index (χ0v) is 12.2. The van der Waals surface area contributed by atoms with Gasteiger partial charge in [-0.3, -0.25) is 4.98 Å². The van der Waals surface area contributed by atoms with E-state index in [4.69, 9.17) is 21.1 Å². The molecule has 3 nitrogen and oxygen atoms in total. The summed E-state index contributed by atoms with van der Waals surface area (Å²) in [6.45, 7) is 8.23. The van der Waals surface area contributed by atoms with Crippen LogP contribution in [-0.2, 0) is 10.6 Å². The van der Waals surface area contributed by atoms with Gasteiger partial charge in [0.25, 0.3) is 0 Å². The molecule has 0 N–H and O–H groups in total. The van der Waals surface area contributed by atoms with Crippen LogP contribution in [0.3, 0.4) is 0 Å². The molecule has 0 bridgehead atoms. The normalized spacial score (nSPS) is 10.9. The Hall–Kier alpha value is -0.800. The lowest BCUT2D eigenvalue weighted by Gasteiger charge is -2.10. The van der Waals surface area contributed by atoms with Gasteiger partial charge in [-0.05, 0) is 31.4 Å².